The highest BCUT2D eigenvalue weighted by Gasteiger charge is 2.42. The van der Waals surface area contributed by atoms with Gasteiger partial charge in [-0.3, -0.25) is 4.79 Å². The second-order valence-corrected chi connectivity index (χ2v) is 6.37. The van der Waals surface area contributed by atoms with Gasteiger partial charge in [-0.15, -0.1) is 0 Å². The predicted octanol–water partition coefficient (Wildman–Crippen LogP) is 2.98. The lowest BCUT2D eigenvalue weighted by atomic mass is 9.73. The molecule has 0 radical (unpaired) electrons. The fourth-order valence-electron chi connectivity index (χ4n) is 3.18. The molecule has 0 atom stereocenters. The van der Waals surface area contributed by atoms with Crippen LogP contribution in [0.25, 0.3) is 0 Å². The van der Waals surface area contributed by atoms with E-state index in [4.69, 9.17) is 14.6 Å². The molecule has 1 heterocycles. The lowest BCUT2D eigenvalue weighted by Crippen LogP contribution is -2.44. The molecule has 6 nitrogen and oxygen atoms in total. The van der Waals surface area contributed by atoms with Crippen molar-refractivity contribution in [2.75, 3.05) is 25.1 Å². The summed E-state index contributed by atoms with van der Waals surface area (Å²) in [6.07, 6.45) is 0.921. The molecule has 0 spiro atoms. The summed E-state index contributed by atoms with van der Waals surface area (Å²) in [6.45, 7) is 0.409. The highest BCUT2D eigenvalue weighted by molar-refractivity contribution is 5.99. The quantitative estimate of drug-likeness (QED) is 0.813. The summed E-state index contributed by atoms with van der Waals surface area (Å²) >= 11 is 0. The lowest BCUT2D eigenvalue weighted by molar-refractivity contribution is -0.139. The summed E-state index contributed by atoms with van der Waals surface area (Å²) in [5.41, 5.74) is 0.313. The molecule has 1 amide bonds. The Balaban J connectivity index is 1.78. The number of hydrogen-bond acceptors (Lipinski definition) is 4. The van der Waals surface area contributed by atoms with Crippen LogP contribution in [0.15, 0.2) is 48.5 Å². The van der Waals surface area contributed by atoms with Crippen molar-refractivity contribution in [3.8, 4) is 5.75 Å². The van der Waals surface area contributed by atoms with E-state index in [9.17, 15) is 14.0 Å². The zero-order valence-electron chi connectivity index (χ0n) is 14.6. The molecule has 2 aromatic carbocycles. The average Bonchev–Trinajstić information content (AvgIpc) is 2.68. The number of halogens is 1. The standard InChI is InChI=1S/C20H20FNO5/c21-15-3-1-2-14(12-15)20(8-10-26-11-9-20)19(25)22-16-4-6-17(7-5-16)27-13-18(23)24/h1-7,12H,8-11,13H2,(H,22,25)(H,23,24). The zero-order valence-corrected chi connectivity index (χ0v) is 14.6. The summed E-state index contributed by atoms with van der Waals surface area (Å²) in [5, 5.41) is 11.5. The number of carboxylic acids is 1. The fraction of sp³-hybridized carbons (Fsp3) is 0.300. The molecular formula is C20H20FNO5. The van der Waals surface area contributed by atoms with Crippen molar-refractivity contribution in [2.24, 2.45) is 0 Å². The third-order valence-corrected chi connectivity index (χ3v) is 4.63. The number of benzene rings is 2. The Kier molecular flexibility index (Phi) is 5.71. The Morgan fingerprint density at radius 1 is 1.15 bits per heavy atom. The van der Waals surface area contributed by atoms with Gasteiger partial charge in [-0.05, 0) is 54.8 Å². The number of aliphatic carboxylic acids is 1. The molecule has 7 heteroatoms. The van der Waals surface area contributed by atoms with E-state index in [2.05, 4.69) is 5.32 Å². The highest BCUT2D eigenvalue weighted by atomic mass is 19.1. The van der Waals surface area contributed by atoms with Gasteiger partial charge in [0.25, 0.3) is 0 Å². The minimum absolute atomic E-state index is 0.226. The van der Waals surface area contributed by atoms with Crippen LogP contribution in [0.1, 0.15) is 18.4 Å². The van der Waals surface area contributed by atoms with Crippen LogP contribution in [-0.2, 0) is 19.7 Å². The first-order valence-electron chi connectivity index (χ1n) is 8.59. The molecule has 0 aliphatic carbocycles. The SMILES string of the molecule is O=C(O)COc1ccc(NC(=O)C2(c3cccc(F)c3)CCOCC2)cc1. The number of carboxylic acid groups (broad SMARTS) is 1. The number of carbonyl (C=O) groups is 2. The van der Waals surface area contributed by atoms with Crippen LogP contribution in [0, 0.1) is 5.82 Å². The number of nitrogens with one attached hydrogen (secondary N) is 1. The van der Waals surface area contributed by atoms with Crippen LogP contribution in [0.2, 0.25) is 0 Å². The van der Waals surface area contributed by atoms with Crippen LogP contribution in [0.4, 0.5) is 10.1 Å². The van der Waals surface area contributed by atoms with Crippen molar-refractivity contribution < 1.29 is 28.6 Å². The molecule has 2 N–H and O–H groups in total. The molecule has 1 saturated heterocycles. The third-order valence-electron chi connectivity index (χ3n) is 4.63. The van der Waals surface area contributed by atoms with Gasteiger partial charge in [-0.2, -0.15) is 0 Å². The topological polar surface area (TPSA) is 84.9 Å². The van der Waals surface area contributed by atoms with Gasteiger partial charge in [0.1, 0.15) is 11.6 Å². The average molecular weight is 373 g/mol. The molecule has 0 unspecified atom stereocenters. The van der Waals surface area contributed by atoms with Gasteiger partial charge in [-0.25, -0.2) is 9.18 Å². The summed E-state index contributed by atoms with van der Waals surface area (Å²) in [7, 11) is 0. The molecule has 142 valence electrons. The van der Waals surface area contributed by atoms with Crippen molar-refractivity contribution >= 4 is 17.6 Å². The van der Waals surface area contributed by atoms with Crippen molar-refractivity contribution in [1.82, 2.24) is 0 Å². The van der Waals surface area contributed by atoms with E-state index in [0.29, 0.717) is 43.1 Å². The summed E-state index contributed by atoms with van der Waals surface area (Å²) in [6, 6.07) is 12.5. The van der Waals surface area contributed by atoms with E-state index < -0.39 is 18.0 Å². The summed E-state index contributed by atoms with van der Waals surface area (Å²) in [4.78, 5) is 23.6. The van der Waals surface area contributed by atoms with Gasteiger partial charge in [0, 0.05) is 18.9 Å². The zero-order chi connectivity index (χ0) is 19.3. The number of rotatable bonds is 6. The Morgan fingerprint density at radius 2 is 1.85 bits per heavy atom. The smallest absolute Gasteiger partial charge is 0.341 e. The molecular weight excluding hydrogens is 353 g/mol. The second kappa shape index (κ2) is 8.18. The normalized spacial score (nSPS) is 15.7. The number of amides is 1. The molecule has 1 aliphatic rings. The van der Waals surface area contributed by atoms with Crippen LogP contribution >= 0.6 is 0 Å². The third kappa shape index (κ3) is 4.43. The summed E-state index contributed by atoms with van der Waals surface area (Å²) in [5.74, 6) is -1.29. The van der Waals surface area contributed by atoms with E-state index in [1.807, 2.05) is 0 Å². The largest absolute Gasteiger partial charge is 0.482 e. The van der Waals surface area contributed by atoms with Gasteiger partial charge in [0.15, 0.2) is 6.61 Å². The Morgan fingerprint density at radius 3 is 2.48 bits per heavy atom. The van der Waals surface area contributed by atoms with E-state index in [0.717, 1.165) is 0 Å². The Bertz CT molecular complexity index is 815. The van der Waals surface area contributed by atoms with Crippen molar-refractivity contribution in [3.63, 3.8) is 0 Å². The van der Waals surface area contributed by atoms with Crippen molar-refractivity contribution in [3.05, 3.63) is 59.9 Å². The maximum Gasteiger partial charge on any atom is 0.341 e. The number of hydrogen-bond donors (Lipinski definition) is 2. The summed E-state index contributed by atoms with van der Waals surface area (Å²) < 4.78 is 24.2. The second-order valence-electron chi connectivity index (χ2n) is 6.37. The van der Waals surface area contributed by atoms with Gasteiger partial charge in [0.05, 0.1) is 5.41 Å². The fourth-order valence-corrected chi connectivity index (χ4v) is 3.18. The van der Waals surface area contributed by atoms with Crippen molar-refractivity contribution in [2.45, 2.75) is 18.3 Å². The maximum atomic E-state index is 13.7. The molecule has 0 bridgehead atoms. The van der Waals surface area contributed by atoms with Gasteiger partial charge in [-0.1, -0.05) is 12.1 Å². The van der Waals surface area contributed by atoms with E-state index >= 15 is 0 Å². The predicted molar refractivity (Wildman–Crippen MR) is 96.3 cm³/mol. The molecule has 0 saturated carbocycles. The van der Waals surface area contributed by atoms with E-state index in [1.165, 1.54) is 12.1 Å². The van der Waals surface area contributed by atoms with Crippen LogP contribution < -0.4 is 10.1 Å². The van der Waals surface area contributed by atoms with E-state index in [1.54, 1.807) is 36.4 Å². The van der Waals surface area contributed by atoms with Gasteiger partial charge >= 0.3 is 5.97 Å². The molecule has 1 aliphatic heterocycles. The van der Waals surface area contributed by atoms with Gasteiger partial charge in [0.2, 0.25) is 5.91 Å². The number of carbonyl (C=O) groups excluding carboxylic acids is 1. The van der Waals surface area contributed by atoms with E-state index in [-0.39, 0.29) is 11.7 Å². The number of anilines is 1. The highest BCUT2D eigenvalue weighted by Crippen LogP contribution is 2.36. The monoisotopic (exact) mass is 373 g/mol. The lowest BCUT2D eigenvalue weighted by Gasteiger charge is -2.36. The maximum absolute atomic E-state index is 13.7. The molecule has 27 heavy (non-hydrogen) atoms. The van der Waals surface area contributed by atoms with Crippen LogP contribution in [-0.4, -0.2) is 36.8 Å². The molecule has 3 rings (SSSR count). The minimum Gasteiger partial charge on any atom is -0.482 e. The Labute approximate surface area is 155 Å². The number of ether oxygens (including phenoxy) is 2. The first-order valence-corrected chi connectivity index (χ1v) is 8.59. The Hall–Kier alpha value is -2.93. The first kappa shape index (κ1) is 18.8. The first-order chi connectivity index (χ1) is 13.0. The van der Waals surface area contributed by atoms with Gasteiger partial charge < -0.3 is 19.9 Å². The minimum atomic E-state index is -1.07. The molecule has 0 aromatic heterocycles. The van der Waals surface area contributed by atoms with Crippen LogP contribution in [0.3, 0.4) is 0 Å². The van der Waals surface area contributed by atoms with Crippen molar-refractivity contribution in [1.29, 1.82) is 0 Å². The molecule has 2 aromatic rings. The molecule has 1 fully saturated rings. The van der Waals surface area contributed by atoms with Crippen LogP contribution in [0.5, 0.6) is 5.75 Å².